The zero-order valence-corrected chi connectivity index (χ0v) is 11.3. The van der Waals surface area contributed by atoms with Crippen LogP contribution in [-0.4, -0.2) is 25.0 Å². The molecule has 100 valence electrons. The third kappa shape index (κ3) is 2.80. The third-order valence-corrected chi connectivity index (χ3v) is 3.82. The molecule has 0 spiro atoms. The Morgan fingerprint density at radius 2 is 2.00 bits per heavy atom. The summed E-state index contributed by atoms with van der Waals surface area (Å²) in [6, 6.07) is 9.77. The number of rotatable bonds is 3. The highest BCUT2D eigenvalue weighted by atomic mass is 16.2. The van der Waals surface area contributed by atoms with Gasteiger partial charge in [-0.3, -0.25) is 4.79 Å². The number of benzene rings is 1. The van der Waals surface area contributed by atoms with Gasteiger partial charge in [0.25, 0.3) is 0 Å². The number of carbonyl (C=O) groups excluding carboxylic acids is 1. The van der Waals surface area contributed by atoms with Crippen molar-refractivity contribution >= 4 is 5.91 Å². The van der Waals surface area contributed by atoms with Gasteiger partial charge in [-0.05, 0) is 38.4 Å². The lowest BCUT2D eigenvalue weighted by molar-refractivity contribution is -0.128. The molecule has 1 aliphatic rings. The molecule has 0 aromatic heterocycles. The monoisotopic (exact) mass is 256 g/mol. The van der Waals surface area contributed by atoms with Crippen molar-refractivity contribution in [2.75, 3.05) is 13.1 Å². The summed E-state index contributed by atoms with van der Waals surface area (Å²) in [6.07, 6.45) is 6.97. The standard InChI is InChI=1S/C16H20N2O/c1-3-13(2)18-15(19)16(9-11-17-12-10-16)14-7-5-4-6-8-14/h1,4-8,13,17H,9-12H2,2H3,(H,18,19). The predicted molar refractivity (Wildman–Crippen MR) is 76.7 cm³/mol. The van der Waals surface area contributed by atoms with Crippen molar-refractivity contribution in [1.82, 2.24) is 10.6 Å². The Morgan fingerprint density at radius 3 is 2.58 bits per heavy atom. The number of nitrogens with one attached hydrogen (secondary N) is 2. The van der Waals surface area contributed by atoms with Crippen LogP contribution in [0.5, 0.6) is 0 Å². The van der Waals surface area contributed by atoms with Gasteiger partial charge in [0.05, 0.1) is 11.5 Å². The highest BCUT2D eigenvalue weighted by Crippen LogP contribution is 2.33. The predicted octanol–water partition coefficient (Wildman–Crippen LogP) is 1.45. The van der Waals surface area contributed by atoms with E-state index in [1.807, 2.05) is 37.3 Å². The second-order valence-corrected chi connectivity index (χ2v) is 5.06. The molecule has 0 aliphatic carbocycles. The zero-order valence-electron chi connectivity index (χ0n) is 11.3. The first-order valence-electron chi connectivity index (χ1n) is 6.72. The van der Waals surface area contributed by atoms with Crippen LogP contribution in [0.3, 0.4) is 0 Å². The quantitative estimate of drug-likeness (QED) is 0.804. The van der Waals surface area contributed by atoms with E-state index in [-0.39, 0.29) is 11.9 Å². The number of amides is 1. The lowest BCUT2D eigenvalue weighted by Crippen LogP contribution is -2.52. The molecule has 1 atom stereocenters. The summed E-state index contributed by atoms with van der Waals surface area (Å²) in [5.41, 5.74) is 0.635. The van der Waals surface area contributed by atoms with Gasteiger partial charge < -0.3 is 10.6 Å². The van der Waals surface area contributed by atoms with E-state index in [2.05, 4.69) is 16.6 Å². The molecule has 19 heavy (non-hydrogen) atoms. The zero-order chi connectivity index (χ0) is 13.7. The van der Waals surface area contributed by atoms with Crippen LogP contribution in [0.1, 0.15) is 25.3 Å². The summed E-state index contributed by atoms with van der Waals surface area (Å²) in [6.45, 7) is 3.54. The van der Waals surface area contributed by atoms with Crippen molar-refractivity contribution in [2.45, 2.75) is 31.2 Å². The molecule has 1 amide bonds. The second-order valence-electron chi connectivity index (χ2n) is 5.06. The van der Waals surface area contributed by atoms with Crippen LogP contribution < -0.4 is 10.6 Å². The first kappa shape index (κ1) is 13.6. The Morgan fingerprint density at radius 1 is 1.37 bits per heavy atom. The van der Waals surface area contributed by atoms with Crippen LogP contribution in [0.2, 0.25) is 0 Å². The number of hydrogen-bond acceptors (Lipinski definition) is 2. The average Bonchev–Trinajstić information content (AvgIpc) is 2.48. The summed E-state index contributed by atoms with van der Waals surface area (Å²) >= 11 is 0. The summed E-state index contributed by atoms with van der Waals surface area (Å²) < 4.78 is 0. The van der Waals surface area contributed by atoms with Gasteiger partial charge in [-0.25, -0.2) is 0 Å². The Bertz CT molecular complexity index is 469. The number of piperidine rings is 1. The maximum absolute atomic E-state index is 12.7. The highest BCUT2D eigenvalue weighted by Gasteiger charge is 2.41. The van der Waals surface area contributed by atoms with Gasteiger partial charge >= 0.3 is 0 Å². The van der Waals surface area contributed by atoms with Crippen LogP contribution in [-0.2, 0) is 10.2 Å². The Balaban J connectivity index is 2.30. The molecule has 0 radical (unpaired) electrons. The van der Waals surface area contributed by atoms with Gasteiger partial charge in [0.15, 0.2) is 0 Å². The molecule has 1 saturated heterocycles. The van der Waals surface area contributed by atoms with E-state index in [4.69, 9.17) is 6.42 Å². The van der Waals surface area contributed by atoms with Crippen LogP contribution >= 0.6 is 0 Å². The molecule has 3 nitrogen and oxygen atoms in total. The minimum absolute atomic E-state index is 0.0469. The maximum atomic E-state index is 12.7. The van der Waals surface area contributed by atoms with E-state index in [1.165, 1.54) is 0 Å². The fraction of sp³-hybridized carbons (Fsp3) is 0.438. The summed E-state index contributed by atoms with van der Waals surface area (Å²) in [5.74, 6) is 2.60. The van der Waals surface area contributed by atoms with Crippen molar-refractivity contribution in [3.05, 3.63) is 35.9 Å². The first-order valence-corrected chi connectivity index (χ1v) is 6.72. The van der Waals surface area contributed by atoms with Crippen LogP contribution in [0.25, 0.3) is 0 Å². The summed E-state index contributed by atoms with van der Waals surface area (Å²) in [4.78, 5) is 12.7. The van der Waals surface area contributed by atoms with Crippen LogP contribution in [0.4, 0.5) is 0 Å². The molecule has 1 fully saturated rings. The van der Waals surface area contributed by atoms with Crippen molar-refractivity contribution in [1.29, 1.82) is 0 Å². The molecule has 0 bridgehead atoms. The number of hydrogen-bond donors (Lipinski definition) is 2. The van der Waals surface area contributed by atoms with Gasteiger partial charge in [-0.2, -0.15) is 0 Å². The first-order chi connectivity index (χ1) is 9.19. The van der Waals surface area contributed by atoms with Crippen molar-refractivity contribution in [2.24, 2.45) is 0 Å². The SMILES string of the molecule is C#CC(C)NC(=O)C1(c2ccccc2)CCNCC1. The topological polar surface area (TPSA) is 41.1 Å². The second kappa shape index (κ2) is 5.90. The Labute approximate surface area is 114 Å². The lowest BCUT2D eigenvalue weighted by Gasteiger charge is -2.37. The van der Waals surface area contributed by atoms with Gasteiger partial charge in [0.2, 0.25) is 5.91 Å². The Kier molecular flexibility index (Phi) is 4.24. The minimum atomic E-state index is -0.447. The number of terminal acetylenes is 1. The number of carbonyl (C=O) groups is 1. The van der Waals surface area contributed by atoms with E-state index in [0.717, 1.165) is 31.5 Å². The molecule has 0 saturated carbocycles. The largest absolute Gasteiger partial charge is 0.342 e. The van der Waals surface area contributed by atoms with Gasteiger partial charge in [0.1, 0.15) is 0 Å². The molecule has 3 heteroatoms. The fourth-order valence-electron chi connectivity index (χ4n) is 2.63. The summed E-state index contributed by atoms with van der Waals surface area (Å²) in [7, 11) is 0. The fourth-order valence-corrected chi connectivity index (χ4v) is 2.63. The molecule has 2 N–H and O–H groups in total. The molecule has 2 rings (SSSR count). The Hall–Kier alpha value is -1.79. The van der Waals surface area contributed by atoms with E-state index < -0.39 is 5.41 Å². The molecular weight excluding hydrogens is 236 g/mol. The van der Waals surface area contributed by atoms with E-state index in [9.17, 15) is 4.79 Å². The van der Waals surface area contributed by atoms with Gasteiger partial charge in [-0.1, -0.05) is 36.3 Å². The van der Waals surface area contributed by atoms with E-state index in [0.29, 0.717) is 0 Å². The molecule has 1 heterocycles. The van der Waals surface area contributed by atoms with E-state index >= 15 is 0 Å². The van der Waals surface area contributed by atoms with Gasteiger partial charge in [0, 0.05) is 0 Å². The van der Waals surface area contributed by atoms with Crippen LogP contribution in [0, 0.1) is 12.3 Å². The van der Waals surface area contributed by atoms with Crippen molar-refractivity contribution in [3.63, 3.8) is 0 Å². The minimum Gasteiger partial charge on any atom is -0.342 e. The molecule has 1 aromatic rings. The molecule has 1 unspecified atom stereocenters. The smallest absolute Gasteiger partial charge is 0.231 e. The van der Waals surface area contributed by atoms with Crippen molar-refractivity contribution < 1.29 is 4.79 Å². The molecule has 1 aliphatic heterocycles. The third-order valence-electron chi connectivity index (χ3n) is 3.82. The summed E-state index contributed by atoms with van der Waals surface area (Å²) in [5, 5.41) is 6.25. The van der Waals surface area contributed by atoms with E-state index in [1.54, 1.807) is 0 Å². The van der Waals surface area contributed by atoms with Crippen LogP contribution in [0.15, 0.2) is 30.3 Å². The van der Waals surface area contributed by atoms with Crippen molar-refractivity contribution in [3.8, 4) is 12.3 Å². The highest BCUT2D eigenvalue weighted by molar-refractivity contribution is 5.88. The molecule has 1 aromatic carbocycles. The molecular formula is C16H20N2O. The normalized spacial score (nSPS) is 19.2. The van der Waals surface area contributed by atoms with Gasteiger partial charge in [-0.15, -0.1) is 6.42 Å². The average molecular weight is 256 g/mol. The lowest BCUT2D eigenvalue weighted by atomic mass is 9.72. The maximum Gasteiger partial charge on any atom is 0.231 e.